The van der Waals surface area contributed by atoms with Gasteiger partial charge in [0.25, 0.3) is 5.91 Å². The summed E-state index contributed by atoms with van der Waals surface area (Å²) in [5, 5.41) is 0. The van der Waals surface area contributed by atoms with E-state index in [-0.39, 0.29) is 24.8 Å². The topological polar surface area (TPSA) is 72.6 Å². The van der Waals surface area contributed by atoms with Crippen molar-refractivity contribution in [2.24, 2.45) is 17.6 Å². The van der Waals surface area contributed by atoms with Crippen LogP contribution in [0.5, 0.6) is 5.75 Å². The Labute approximate surface area is 131 Å². The van der Waals surface area contributed by atoms with E-state index < -0.39 is 29.5 Å². The molecule has 2 rings (SSSR count). The van der Waals surface area contributed by atoms with Crippen LogP contribution in [0.15, 0.2) is 24.3 Å². The average Bonchev–Trinajstić information content (AvgIpc) is 2.86. The summed E-state index contributed by atoms with van der Waals surface area (Å²) in [5.41, 5.74) is 4.42. The van der Waals surface area contributed by atoms with Crippen LogP contribution >= 0.6 is 0 Å². The number of nitrogens with zero attached hydrogens (tertiary/aromatic N) is 1. The highest BCUT2D eigenvalue weighted by molar-refractivity contribution is 5.82. The van der Waals surface area contributed by atoms with Crippen molar-refractivity contribution in [3.63, 3.8) is 0 Å². The Bertz CT molecular complexity index is 604. The van der Waals surface area contributed by atoms with Gasteiger partial charge in [-0.05, 0) is 24.1 Å². The lowest BCUT2D eigenvalue weighted by molar-refractivity contribution is -0.137. The minimum Gasteiger partial charge on any atom is -0.484 e. The highest BCUT2D eigenvalue weighted by atomic mass is 19.4. The molecule has 1 aliphatic rings. The van der Waals surface area contributed by atoms with Crippen molar-refractivity contribution < 1.29 is 27.5 Å². The van der Waals surface area contributed by atoms with E-state index in [0.717, 1.165) is 12.1 Å². The van der Waals surface area contributed by atoms with Crippen LogP contribution in [-0.4, -0.2) is 36.4 Å². The summed E-state index contributed by atoms with van der Waals surface area (Å²) >= 11 is 0. The molecule has 1 heterocycles. The van der Waals surface area contributed by atoms with Gasteiger partial charge in [-0.1, -0.05) is 13.0 Å². The molecule has 1 aromatic rings. The number of primary amides is 1. The molecule has 1 aromatic carbocycles. The van der Waals surface area contributed by atoms with Gasteiger partial charge in [-0.15, -0.1) is 0 Å². The van der Waals surface area contributed by atoms with Crippen molar-refractivity contribution in [1.82, 2.24) is 4.90 Å². The van der Waals surface area contributed by atoms with E-state index in [2.05, 4.69) is 0 Å². The maximum absolute atomic E-state index is 12.6. The largest absolute Gasteiger partial charge is 0.484 e. The zero-order valence-electron chi connectivity index (χ0n) is 12.5. The summed E-state index contributed by atoms with van der Waals surface area (Å²) in [6.07, 6.45) is -4.47. The average molecular weight is 330 g/mol. The summed E-state index contributed by atoms with van der Waals surface area (Å²) < 4.78 is 42.9. The molecule has 0 bridgehead atoms. The van der Waals surface area contributed by atoms with E-state index in [1.165, 1.54) is 17.0 Å². The van der Waals surface area contributed by atoms with Crippen LogP contribution in [0, 0.1) is 11.8 Å². The number of ether oxygens (including phenoxy) is 1. The van der Waals surface area contributed by atoms with Crippen LogP contribution in [0.2, 0.25) is 0 Å². The molecular formula is C15H17F3N2O3. The minimum atomic E-state index is -4.47. The van der Waals surface area contributed by atoms with Crippen molar-refractivity contribution in [2.45, 2.75) is 13.1 Å². The number of nitrogens with two attached hydrogens (primary N) is 1. The molecule has 0 radical (unpaired) electrons. The third kappa shape index (κ3) is 4.14. The molecule has 0 spiro atoms. The van der Waals surface area contributed by atoms with Gasteiger partial charge in [0, 0.05) is 13.1 Å². The van der Waals surface area contributed by atoms with Gasteiger partial charge in [0.15, 0.2) is 6.61 Å². The first-order chi connectivity index (χ1) is 10.7. The third-order valence-corrected chi connectivity index (χ3v) is 3.85. The van der Waals surface area contributed by atoms with Gasteiger partial charge < -0.3 is 15.4 Å². The lowest BCUT2D eigenvalue weighted by atomic mass is 9.98. The predicted molar refractivity (Wildman–Crippen MR) is 75.4 cm³/mol. The first-order valence-electron chi connectivity index (χ1n) is 7.05. The molecule has 2 amide bonds. The Morgan fingerprint density at radius 1 is 1.35 bits per heavy atom. The zero-order chi connectivity index (χ0) is 17.2. The fourth-order valence-electron chi connectivity index (χ4n) is 2.54. The van der Waals surface area contributed by atoms with E-state index in [4.69, 9.17) is 10.5 Å². The number of alkyl halides is 3. The van der Waals surface area contributed by atoms with E-state index in [0.29, 0.717) is 6.54 Å². The van der Waals surface area contributed by atoms with Crippen LogP contribution in [0.4, 0.5) is 13.2 Å². The fourth-order valence-corrected chi connectivity index (χ4v) is 2.54. The SMILES string of the molecule is C[C@@H]1CN(C(=O)COc2cccc(C(F)(F)F)c2)C[C@H]1C(N)=O. The number of amides is 2. The van der Waals surface area contributed by atoms with Crippen LogP contribution < -0.4 is 10.5 Å². The number of likely N-dealkylation sites (tertiary alicyclic amines) is 1. The molecule has 1 aliphatic heterocycles. The Hall–Kier alpha value is -2.25. The van der Waals surface area contributed by atoms with Gasteiger partial charge in [-0.25, -0.2) is 0 Å². The number of rotatable bonds is 4. The molecule has 8 heteroatoms. The molecule has 2 atom stereocenters. The Kier molecular flexibility index (Phi) is 4.82. The van der Waals surface area contributed by atoms with Gasteiger partial charge >= 0.3 is 6.18 Å². The molecule has 5 nitrogen and oxygen atoms in total. The maximum Gasteiger partial charge on any atom is 0.416 e. The maximum atomic E-state index is 12.6. The lowest BCUT2D eigenvalue weighted by Crippen LogP contribution is -2.34. The molecule has 2 N–H and O–H groups in total. The van der Waals surface area contributed by atoms with Crippen molar-refractivity contribution in [3.8, 4) is 5.75 Å². The monoisotopic (exact) mass is 330 g/mol. The number of halogens is 3. The van der Waals surface area contributed by atoms with Crippen molar-refractivity contribution >= 4 is 11.8 Å². The quantitative estimate of drug-likeness (QED) is 0.913. The van der Waals surface area contributed by atoms with Gasteiger partial charge in [0.05, 0.1) is 11.5 Å². The molecule has 0 aliphatic carbocycles. The second kappa shape index (κ2) is 6.47. The molecule has 1 fully saturated rings. The molecule has 23 heavy (non-hydrogen) atoms. The van der Waals surface area contributed by atoms with Gasteiger partial charge in [0.2, 0.25) is 5.91 Å². The van der Waals surface area contributed by atoms with Crippen molar-refractivity contribution in [1.29, 1.82) is 0 Å². The van der Waals surface area contributed by atoms with Gasteiger partial charge in [-0.2, -0.15) is 13.2 Å². The second-order valence-corrected chi connectivity index (χ2v) is 5.60. The van der Waals surface area contributed by atoms with Crippen LogP contribution in [0.3, 0.4) is 0 Å². The fraction of sp³-hybridized carbons (Fsp3) is 0.467. The summed E-state index contributed by atoms with van der Waals surface area (Å²) in [6, 6.07) is 4.32. The van der Waals surface area contributed by atoms with Crippen molar-refractivity contribution in [3.05, 3.63) is 29.8 Å². The standard InChI is InChI=1S/C15H17F3N2O3/c1-9-6-20(7-12(9)14(19)22)13(21)8-23-11-4-2-3-10(5-11)15(16,17)18/h2-5,9,12H,6-8H2,1H3,(H2,19,22)/t9-,12-/m1/s1. The highest BCUT2D eigenvalue weighted by Crippen LogP contribution is 2.31. The number of hydrogen-bond acceptors (Lipinski definition) is 3. The normalized spacial score (nSPS) is 21.3. The number of benzene rings is 1. The number of carbonyl (C=O) groups is 2. The Balaban J connectivity index is 1.94. The predicted octanol–water partition coefficient (Wildman–Crippen LogP) is 1.66. The number of carbonyl (C=O) groups excluding carboxylic acids is 2. The molecule has 0 unspecified atom stereocenters. The summed E-state index contributed by atoms with van der Waals surface area (Å²) in [4.78, 5) is 24.7. The van der Waals surface area contributed by atoms with Crippen molar-refractivity contribution in [2.75, 3.05) is 19.7 Å². The zero-order valence-corrected chi connectivity index (χ0v) is 12.5. The molecule has 1 saturated heterocycles. The first kappa shape index (κ1) is 17.1. The summed E-state index contributed by atoms with van der Waals surface area (Å²) in [7, 11) is 0. The summed E-state index contributed by atoms with van der Waals surface area (Å²) in [5.74, 6) is -1.35. The van der Waals surface area contributed by atoms with Crippen LogP contribution in [0.25, 0.3) is 0 Å². The second-order valence-electron chi connectivity index (χ2n) is 5.60. The minimum absolute atomic E-state index is 0.0353. The van der Waals surface area contributed by atoms with Gasteiger partial charge in [0.1, 0.15) is 5.75 Å². The molecule has 0 aromatic heterocycles. The van der Waals surface area contributed by atoms with E-state index in [1.807, 2.05) is 6.92 Å². The summed E-state index contributed by atoms with van der Waals surface area (Å²) in [6.45, 7) is 2.01. The van der Waals surface area contributed by atoms with Crippen LogP contribution in [0.1, 0.15) is 12.5 Å². The highest BCUT2D eigenvalue weighted by Gasteiger charge is 2.36. The van der Waals surface area contributed by atoms with Crippen LogP contribution in [-0.2, 0) is 15.8 Å². The molecule has 126 valence electrons. The molecule has 0 saturated carbocycles. The molecular weight excluding hydrogens is 313 g/mol. The van der Waals surface area contributed by atoms with E-state index in [9.17, 15) is 22.8 Å². The smallest absolute Gasteiger partial charge is 0.416 e. The first-order valence-corrected chi connectivity index (χ1v) is 7.05. The van der Waals surface area contributed by atoms with E-state index in [1.54, 1.807) is 0 Å². The number of hydrogen-bond donors (Lipinski definition) is 1. The third-order valence-electron chi connectivity index (χ3n) is 3.85. The van der Waals surface area contributed by atoms with E-state index >= 15 is 0 Å². The Morgan fingerprint density at radius 3 is 2.61 bits per heavy atom. The lowest BCUT2D eigenvalue weighted by Gasteiger charge is -2.16. The Morgan fingerprint density at radius 2 is 2.04 bits per heavy atom. The van der Waals surface area contributed by atoms with Gasteiger partial charge in [-0.3, -0.25) is 9.59 Å².